The van der Waals surface area contributed by atoms with Crippen molar-refractivity contribution in [2.75, 3.05) is 18.2 Å². The van der Waals surface area contributed by atoms with Gasteiger partial charge < -0.3 is 15.8 Å². The van der Waals surface area contributed by atoms with Gasteiger partial charge in [0.1, 0.15) is 5.75 Å². The number of hydrogen-bond acceptors (Lipinski definition) is 4. The maximum atomic E-state index is 12.1. The molecule has 2 aromatic rings. The SMILES string of the molecule is COc1cc(C(=O)Nc2n[nH]c(C)c2N)ccc1C. The molecule has 0 saturated carbocycles. The topological polar surface area (TPSA) is 93.0 Å². The van der Waals surface area contributed by atoms with Gasteiger partial charge in [0.15, 0.2) is 5.82 Å². The van der Waals surface area contributed by atoms with E-state index in [0.29, 0.717) is 22.8 Å². The zero-order valence-corrected chi connectivity index (χ0v) is 11.1. The number of anilines is 2. The summed E-state index contributed by atoms with van der Waals surface area (Å²) in [5.74, 6) is 0.720. The summed E-state index contributed by atoms with van der Waals surface area (Å²) < 4.78 is 5.19. The van der Waals surface area contributed by atoms with Crippen LogP contribution in [0.25, 0.3) is 0 Å². The Labute approximate surface area is 111 Å². The van der Waals surface area contributed by atoms with E-state index in [0.717, 1.165) is 11.3 Å². The highest BCUT2D eigenvalue weighted by atomic mass is 16.5. The normalized spacial score (nSPS) is 10.3. The number of rotatable bonds is 3. The van der Waals surface area contributed by atoms with Crippen molar-refractivity contribution in [3.05, 3.63) is 35.0 Å². The fourth-order valence-corrected chi connectivity index (χ4v) is 1.67. The van der Waals surface area contributed by atoms with E-state index < -0.39 is 0 Å². The van der Waals surface area contributed by atoms with E-state index in [2.05, 4.69) is 15.5 Å². The van der Waals surface area contributed by atoms with E-state index in [1.807, 2.05) is 13.0 Å². The molecule has 0 atom stereocenters. The number of methoxy groups -OCH3 is 1. The number of nitrogen functional groups attached to an aromatic ring is 1. The summed E-state index contributed by atoms with van der Waals surface area (Å²) in [4.78, 5) is 12.1. The molecular formula is C13H16N4O2. The molecule has 0 bridgehead atoms. The number of carbonyl (C=O) groups excluding carboxylic acids is 1. The van der Waals surface area contributed by atoms with Gasteiger partial charge in [-0.1, -0.05) is 6.07 Å². The van der Waals surface area contributed by atoms with Crippen LogP contribution < -0.4 is 15.8 Å². The van der Waals surface area contributed by atoms with Gasteiger partial charge in [-0.15, -0.1) is 0 Å². The van der Waals surface area contributed by atoms with E-state index in [4.69, 9.17) is 10.5 Å². The molecule has 0 aliphatic rings. The zero-order chi connectivity index (χ0) is 14.0. The van der Waals surface area contributed by atoms with Crippen molar-refractivity contribution >= 4 is 17.4 Å². The van der Waals surface area contributed by atoms with Crippen molar-refractivity contribution < 1.29 is 9.53 Å². The molecule has 0 unspecified atom stereocenters. The van der Waals surface area contributed by atoms with Crippen LogP contribution in [0, 0.1) is 13.8 Å². The summed E-state index contributed by atoms with van der Waals surface area (Å²) in [7, 11) is 1.57. The number of ether oxygens (including phenoxy) is 1. The lowest BCUT2D eigenvalue weighted by atomic mass is 10.1. The minimum atomic E-state index is -0.281. The average molecular weight is 260 g/mol. The molecule has 0 aliphatic carbocycles. The Bertz CT molecular complexity index is 619. The molecular weight excluding hydrogens is 244 g/mol. The van der Waals surface area contributed by atoms with Crippen LogP contribution in [-0.2, 0) is 0 Å². The van der Waals surface area contributed by atoms with E-state index in [-0.39, 0.29) is 5.91 Å². The van der Waals surface area contributed by atoms with Crippen molar-refractivity contribution in [3.8, 4) is 5.75 Å². The molecule has 19 heavy (non-hydrogen) atoms. The molecule has 1 aromatic heterocycles. The number of nitrogens with one attached hydrogen (secondary N) is 2. The van der Waals surface area contributed by atoms with Crippen LogP contribution in [0.2, 0.25) is 0 Å². The molecule has 0 fully saturated rings. The van der Waals surface area contributed by atoms with Gasteiger partial charge in [-0.2, -0.15) is 5.10 Å². The first-order valence-corrected chi connectivity index (χ1v) is 5.79. The number of nitrogens with two attached hydrogens (primary N) is 1. The van der Waals surface area contributed by atoms with Gasteiger partial charge in [-0.3, -0.25) is 9.89 Å². The Kier molecular flexibility index (Phi) is 3.41. The molecule has 1 aromatic carbocycles. The van der Waals surface area contributed by atoms with Crippen LogP contribution in [0.1, 0.15) is 21.6 Å². The van der Waals surface area contributed by atoms with Crippen LogP contribution in [-0.4, -0.2) is 23.2 Å². The van der Waals surface area contributed by atoms with Gasteiger partial charge in [-0.05, 0) is 31.5 Å². The number of aryl methyl sites for hydroxylation is 2. The third-order valence-electron chi connectivity index (χ3n) is 2.90. The standard InChI is InChI=1S/C13H16N4O2/c1-7-4-5-9(6-10(7)19-3)13(18)15-12-11(14)8(2)16-17-12/h4-6H,14H2,1-3H3,(H2,15,16,17,18). The van der Waals surface area contributed by atoms with Crippen LogP contribution in [0.15, 0.2) is 18.2 Å². The lowest BCUT2D eigenvalue weighted by molar-refractivity contribution is 0.102. The minimum Gasteiger partial charge on any atom is -0.496 e. The largest absolute Gasteiger partial charge is 0.496 e. The Balaban J connectivity index is 2.23. The third kappa shape index (κ3) is 2.52. The van der Waals surface area contributed by atoms with Crippen molar-refractivity contribution in [2.45, 2.75) is 13.8 Å². The number of carbonyl (C=O) groups is 1. The predicted molar refractivity (Wildman–Crippen MR) is 73.4 cm³/mol. The molecule has 6 heteroatoms. The third-order valence-corrected chi connectivity index (χ3v) is 2.90. The fourth-order valence-electron chi connectivity index (χ4n) is 1.67. The van der Waals surface area contributed by atoms with Crippen LogP contribution in [0.3, 0.4) is 0 Å². The van der Waals surface area contributed by atoms with Crippen molar-refractivity contribution in [1.82, 2.24) is 10.2 Å². The molecule has 1 amide bonds. The smallest absolute Gasteiger partial charge is 0.257 e. The number of hydrogen-bond donors (Lipinski definition) is 3. The summed E-state index contributed by atoms with van der Waals surface area (Å²) >= 11 is 0. The number of aromatic nitrogens is 2. The van der Waals surface area contributed by atoms with Gasteiger partial charge in [0.2, 0.25) is 0 Å². The molecule has 2 rings (SSSR count). The van der Waals surface area contributed by atoms with Crippen LogP contribution >= 0.6 is 0 Å². The summed E-state index contributed by atoms with van der Waals surface area (Å²) in [6, 6.07) is 5.23. The Morgan fingerprint density at radius 3 is 2.74 bits per heavy atom. The van der Waals surface area contributed by atoms with E-state index in [9.17, 15) is 4.79 Å². The highest BCUT2D eigenvalue weighted by Gasteiger charge is 2.13. The van der Waals surface area contributed by atoms with E-state index >= 15 is 0 Å². The van der Waals surface area contributed by atoms with Gasteiger partial charge in [-0.25, -0.2) is 0 Å². The molecule has 6 nitrogen and oxygen atoms in total. The summed E-state index contributed by atoms with van der Waals surface area (Å²) in [5.41, 5.74) is 8.39. The maximum absolute atomic E-state index is 12.1. The fraction of sp³-hybridized carbons (Fsp3) is 0.231. The number of aromatic amines is 1. The van der Waals surface area contributed by atoms with Crippen LogP contribution in [0.4, 0.5) is 11.5 Å². The molecule has 4 N–H and O–H groups in total. The second-order valence-corrected chi connectivity index (χ2v) is 4.25. The molecule has 0 spiro atoms. The first-order chi connectivity index (χ1) is 9.02. The van der Waals surface area contributed by atoms with Gasteiger partial charge in [0, 0.05) is 5.56 Å². The lowest BCUT2D eigenvalue weighted by Crippen LogP contribution is -2.13. The van der Waals surface area contributed by atoms with E-state index in [1.165, 1.54) is 0 Å². The van der Waals surface area contributed by atoms with Gasteiger partial charge >= 0.3 is 0 Å². The Morgan fingerprint density at radius 2 is 2.16 bits per heavy atom. The molecule has 0 aliphatic heterocycles. The Morgan fingerprint density at radius 1 is 1.42 bits per heavy atom. The molecule has 100 valence electrons. The number of H-pyrrole nitrogens is 1. The predicted octanol–water partition coefficient (Wildman–Crippen LogP) is 1.87. The first kappa shape index (κ1) is 12.9. The number of benzene rings is 1. The van der Waals surface area contributed by atoms with E-state index in [1.54, 1.807) is 26.2 Å². The summed E-state index contributed by atoms with van der Waals surface area (Å²) in [6.45, 7) is 3.70. The molecule has 0 radical (unpaired) electrons. The zero-order valence-electron chi connectivity index (χ0n) is 11.1. The number of amides is 1. The summed E-state index contributed by atoms with van der Waals surface area (Å²) in [5, 5.41) is 9.29. The maximum Gasteiger partial charge on any atom is 0.257 e. The average Bonchev–Trinajstić information content (AvgIpc) is 2.71. The minimum absolute atomic E-state index is 0.281. The molecule has 1 heterocycles. The first-order valence-electron chi connectivity index (χ1n) is 5.79. The second-order valence-electron chi connectivity index (χ2n) is 4.25. The van der Waals surface area contributed by atoms with Gasteiger partial charge in [0.05, 0.1) is 18.5 Å². The van der Waals surface area contributed by atoms with Crippen molar-refractivity contribution in [3.63, 3.8) is 0 Å². The Hall–Kier alpha value is -2.50. The van der Waals surface area contributed by atoms with Crippen LogP contribution in [0.5, 0.6) is 5.75 Å². The van der Waals surface area contributed by atoms with Gasteiger partial charge in [0.25, 0.3) is 5.91 Å². The summed E-state index contributed by atoms with van der Waals surface area (Å²) in [6.07, 6.45) is 0. The highest BCUT2D eigenvalue weighted by Crippen LogP contribution is 2.22. The second kappa shape index (κ2) is 5.01. The quantitative estimate of drug-likeness (QED) is 0.785. The number of nitrogens with zero attached hydrogens (tertiary/aromatic N) is 1. The lowest BCUT2D eigenvalue weighted by Gasteiger charge is -2.07. The molecule has 0 saturated heterocycles. The monoisotopic (exact) mass is 260 g/mol. The highest BCUT2D eigenvalue weighted by molar-refractivity contribution is 6.05. The van der Waals surface area contributed by atoms with Crippen molar-refractivity contribution in [2.24, 2.45) is 0 Å². The van der Waals surface area contributed by atoms with Crippen molar-refractivity contribution in [1.29, 1.82) is 0 Å².